The molecule has 188 valence electrons. The highest BCUT2D eigenvalue weighted by atomic mass is 32.2. The average Bonchev–Trinajstić information content (AvgIpc) is 2.81. The Balaban J connectivity index is 1.59. The minimum absolute atomic E-state index is 0.0570. The van der Waals surface area contributed by atoms with Crippen LogP contribution < -0.4 is 10.6 Å². The van der Waals surface area contributed by atoms with Crippen LogP contribution in [0.15, 0.2) is 24.3 Å². The largest absolute Gasteiger partial charge is 0.352 e. The first-order valence-corrected chi connectivity index (χ1v) is 13.8. The molecule has 2 saturated carbocycles. The van der Waals surface area contributed by atoms with E-state index in [1.165, 1.54) is 30.7 Å². The number of benzene rings is 1. The number of carbonyl (C=O) groups is 3. The number of nitrogens with one attached hydrogen (secondary N) is 2. The molecule has 0 heterocycles. The maximum absolute atomic E-state index is 13.2. The molecule has 2 fully saturated rings. The summed E-state index contributed by atoms with van der Waals surface area (Å²) in [5.74, 6) is -2.10. The molecular weight excluding hydrogens is 457 g/mol. The van der Waals surface area contributed by atoms with Gasteiger partial charge in [-0.3, -0.25) is 18.6 Å². The molecule has 0 saturated heterocycles. The maximum atomic E-state index is 13.2. The van der Waals surface area contributed by atoms with Crippen molar-refractivity contribution in [2.45, 2.75) is 89.3 Å². The normalized spacial score (nSPS) is 19.1. The van der Waals surface area contributed by atoms with Crippen LogP contribution in [-0.4, -0.2) is 56.5 Å². The fourth-order valence-corrected chi connectivity index (χ4v) is 5.82. The molecule has 2 aliphatic rings. The number of anilines is 1. The Kier molecular flexibility index (Phi) is 10.0. The zero-order chi connectivity index (χ0) is 24.5. The molecule has 2 N–H and O–H groups in total. The van der Waals surface area contributed by atoms with E-state index in [9.17, 15) is 23.0 Å². The average molecular weight is 494 g/mol. The third kappa shape index (κ3) is 7.89. The van der Waals surface area contributed by atoms with E-state index < -0.39 is 28.6 Å². The Bertz CT molecular complexity index is 867. The van der Waals surface area contributed by atoms with Crippen molar-refractivity contribution in [3.05, 3.63) is 30.1 Å². The van der Waals surface area contributed by atoms with Gasteiger partial charge >= 0.3 is 0 Å². The van der Waals surface area contributed by atoms with E-state index in [0.717, 1.165) is 57.8 Å². The molecule has 1 aromatic carbocycles. The zero-order valence-corrected chi connectivity index (χ0v) is 20.7. The van der Waals surface area contributed by atoms with Gasteiger partial charge in [0.05, 0.1) is 0 Å². The Labute approximate surface area is 203 Å². The molecule has 7 nitrogen and oxygen atoms in total. The van der Waals surface area contributed by atoms with E-state index >= 15 is 0 Å². The lowest BCUT2D eigenvalue weighted by atomic mass is 9.92. The first kappa shape index (κ1) is 26.3. The smallest absolute Gasteiger partial charge is 0.242 e. The van der Waals surface area contributed by atoms with Crippen molar-refractivity contribution in [2.24, 2.45) is 0 Å². The van der Waals surface area contributed by atoms with Gasteiger partial charge in [-0.25, -0.2) is 4.39 Å². The monoisotopic (exact) mass is 493 g/mol. The van der Waals surface area contributed by atoms with Crippen LogP contribution in [0.25, 0.3) is 0 Å². The van der Waals surface area contributed by atoms with Crippen molar-refractivity contribution in [3.63, 3.8) is 0 Å². The second-order valence-corrected chi connectivity index (χ2v) is 10.9. The Morgan fingerprint density at radius 1 is 0.971 bits per heavy atom. The summed E-state index contributed by atoms with van der Waals surface area (Å²) in [6, 6.07) is 4.71. The summed E-state index contributed by atoms with van der Waals surface area (Å²) in [5.41, 5.74) is 0.395. The topological polar surface area (TPSA) is 95.6 Å². The number of nitrogens with zero attached hydrogens (tertiary/aromatic N) is 1. The van der Waals surface area contributed by atoms with Gasteiger partial charge in [-0.1, -0.05) is 38.5 Å². The number of halogens is 1. The van der Waals surface area contributed by atoms with Crippen LogP contribution in [0, 0.1) is 5.82 Å². The molecule has 2 atom stereocenters. The van der Waals surface area contributed by atoms with E-state index in [1.54, 1.807) is 11.8 Å². The minimum Gasteiger partial charge on any atom is -0.352 e. The van der Waals surface area contributed by atoms with E-state index in [4.69, 9.17) is 0 Å². The van der Waals surface area contributed by atoms with Gasteiger partial charge in [0.1, 0.15) is 23.4 Å². The van der Waals surface area contributed by atoms with Gasteiger partial charge in [0.15, 0.2) is 0 Å². The summed E-state index contributed by atoms with van der Waals surface area (Å²) in [6.45, 7) is 1.74. The van der Waals surface area contributed by atoms with Crippen molar-refractivity contribution in [3.8, 4) is 0 Å². The van der Waals surface area contributed by atoms with Gasteiger partial charge in [-0.15, -0.1) is 0 Å². The molecule has 2 aliphatic carbocycles. The van der Waals surface area contributed by atoms with Crippen LogP contribution >= 0.6 is 0 Å². The lowest BCUT2D eigenvalue weighted by Crippen LogP contribution is -2.55. The summed E-state index contributed by atoms with van der Waals surface area (Å²) in [5, 5.41) is 5.68. The summed E-state index contributed by atoms with van der Waals surface area (Å²) >= 11 is 0. The highest BCUT2D eigenvalue weighted by Crippen LogP contribution is 2.25. The van der Waals surface area contributed by atoms with Crippen LogP contribution in [0.4, 0.5) is 10.1 Å². The van der Waals surface area contributed by atoms with Gasteiger partial charge in [-0.2, -0.15) is 0 Å². The minimum atomic E-state index is -1.73. The molecule has 0 radical (unpaired) electrons. The van der Waals surface area contributed by atoms with E-state index in [1.807, 2.05) is 0 Å². The zero-order valence-electron chi connectivity index (χ0n) is 19.9. The molecule has 0 unspecified atom stereocenters. The highest BCUT2D eigenvalue weighted by Gasteiger charge is 2.34. The molecule has 9 heteroatoms. The summed E-state index contributed by atoms with van der Waals surface area (Å²) < 4.78 is 25.7. The number of amides is 3. The van der Waals surface area contributed by atoms with E-state index in [-0.39, 0.29) is 35.4 Å². The number of rotatable bonds is 9. The fraction of sp³-hybridized carbons (Fsp3) is 0.640. The van der Waals surface area contributed by atoms with Crippen molar-refractivity contribution in [1.29, 1.82) is 0 Å². The van der Waals surface area contributed by atoms with E-state index in [0.29, 0.717) is 5.69 Å². The molecule has 0 spiro atoms. The van der Waals surface area contributed by atoms with Crippen LogP contribution in [0.1, 0.15) is 71.1 Å². The molecule has 1 aromatic rings. The van der Waals surface area contributed by atoms with Gasteiger partial charge in [0, 0.05) is 28.6 Å². The Morgan fingerprint density at radius 2 is 1.56 bits per heavy atom. The SMILES string of the molecule is C[C@@H](C(=O)NC1CCCCC1)N(C(=O)C[S@@](=O)CC(=O)Nc1ccc(F)cc1)C1CCCCC1. The van der Waals surface area contributed by atoms with Gasteiger partial charge in [0.2, 0.25) is 17.7 Å². The lowest BCUT2D eigenvalue weighted by molar-refractivity contribution is -0.141. The molecular formula is C25H36FN3O4S. The summed E-state index contributed by atoms with van der Waals surface area (Å²) in [4.78, 5) is 40.1. The number of hydrogen-bond donors (Lipinski definition) is 2. The van der Waals surface area contributed by atoms with Crippen molar-refractivity contribution in [2.75, 3.05) is 16.8 Å². The molecule has 0 aliphatic heterocycles. The fourth-order valence-electron chi connectivity index (χ4n) is 4.93. The van der Waals surface area contributed by atoms with E-state index in [2.05, 4.69) is 10.6 Å². The van der Waals surface area contributed by atoms with Gasteiger partial charge in [-0.05, 0) is 56.9 Å². The molecule has 0 bridgehead atoms. The summed E-state index contributed by atoms with van der Waals surface area (Å²) in [6.07, 6.45) is 10.1. The quantitative estimate of drug-likeness (QED) is 0.550. The summed E-state index contributed by atoms with van der Waals surface area (Å²) in [7, 11) is -1.73. The molecule has 0 aromatic heterocycles. The predicted octanol–water partition coefficient (Wildman–Crippen LogP) is 3.51. The molecule has 34 heavy (non-hydrogen) atoms. The Morgan fingerprint density at radius 3 is 2.18 bits per heavy atom. The standard InChI is InChI=1S/C25H36FN3O4S/c1-18(25(32)28-20-8-4-2-5-9-20)29(22-10-6-3-7-11-22)24(31)17-34(33)16-23(30)27-21-14-12-19(26)13-15-21/h12-15,18,20,22H,2-11,16-17H2,1H3,(H,27,30)(H,28,32)/t18-,34-/m0/s1. The highest BCUT2D eigenvalue weighted by molar-refractivity contribution is 7.86. The second kappa shape index (κ2) is 13.0. The lowest BCUT2D eigenvalue weighted by Gasteiger charge is -2.38. The van der Waals surface area contributed by atoms with Crippen molar-refractivity contribution in [1.82, 2.24) is 10.2 Å². The third-order valence-corrected chi connectivity index (χ3v) is 7.86. The first-order valence-electron chi connectivity index (χ1n) is 12.4. The van der Waals surface area contributed by atoms with Gasteiger partial charge < -0.3 is 15.5 Å². The second-order valence-electron chi connectivity index (χ2n) is 9.40. The van der Waals surface area contributed by atoms with Crippen molar-refractivity contribution >= 4 is 34.2 Å². The van der Waals surface area contributed by atoms with Crippen LogP contribution in [0.5, 0.6) is 0 Å². The third-order valence-electron chi connectivity index (χ3n) is 6.71. The Hall–Kier alpha value is -2.29. The van der Waals surface area contributed by atoms with Crippen LogP contribution in [0.2, 0.25) is 0 Å². The van der Waals surface area contributed by atoms with Gasteiger partial charge in [0.25, 0.3) is 0 Å². The number of carbonyl (C=O) groups excluding carboxylic acids is 3. The van der Waals surface area contributed by atoms with Crippen molar-refractivity contribution < 1.29 is 23.0 Å². The molecule has 3 amide bonds. The van der Waals surface area contributed by atoms with Crippen LogP contribution in [0.3, 0.4) is 0 Å². The predicted molar refractivity (Wildman–Crippen MR) is 131 cm³/mol. The van der Waals surface area contributed by atoms with Crippen LogP contribution in [-0.2, 0) is 25.2 Å². The number of hydrogen-bond acceptors (Lipinski definition) is 4. The molecule has 3 rings (SSSR count). The first-order chi connectivity index (χ1) is 16.3. The maximum Gasteiger partial charge on any atom is 0.242 e.